The lowest BCUT2D eigenvalue weighted by Gasteiger charge is -2.06. The van der Waals surface area contributed by atoms with Gasteiger partial charge in [-0.2, -0.15) is 13.2 Å². The fourth-order valence-corrected chi connectivity index (χ4v) is 1.41. The number of hydrogen-bond acceptors (Lipinski definition) is 3. The molecule has 0 aliphatic heterocycles. The third-order valence-corrected chi connectivity index (χ3v) is 2.28. The van der Waals surface area contributed by atoms with Crippen LogP contribution >= 0.6 is 0 Å². The zero-order valence-electron chi connectivity index (χ0n) is 8.98. The molecule has 2 aromatic heterocycles. The summed E-state index contributed by atoms with van der Waals surface area (Å²) >= 11 is 0. The van der Waals surface area contributed by atoms with E-state index in [0.29, 0.717) is 23.0 Å². The van der Waals surface area contributed by atoms with E-state index in [4.69, 9.17) is 0 Å². The molecule has 0 aliphatic carbocycles. The van der Waals surface area contributed by atoms with Crippen LogP contribution < -0.4 is 0 Å². The van der Waals surface area contributed by atoms with E-state index in [1.54, 1.807) is 0 Å². The van der Waals surface area contributed by atoms with E-state index in [1.807, 2.05) is 0 Å². The lowest BCUT2D eigenvalue weighted by Crippen LogP contribution is -2.07. The van der Waals surface area contributed by atoms with Gasteiger partial charge in [-0.15, -0.1) is 0 Å². The molecule has 0 atom stereocenters. The molecular formula is C12H7F3N2O. The topological polar surface area (TPSA) is 42.9 Å². The normalized spacial score (nSPS) is 11.3. The Hall–Kier alpha value is -2.24. The molecule has 0 amide bonds. The van der Waals surface area contributed by atoms with Crippen molar-refractivity contribution in [3.63, 3.8) is 0 Å². The van der Waals surface area contributed by atoms with Gasteiger partial charge in [0.1, 0.15) is 5.69 Å². The number of carbonyl (C=O) groups excluding carboxylic acids is 1. The third kappa shape index (κ3) is 2.53. The fourth-order valence-electron chi connectivity index (χ4n) is 1.41. The molecule has 6 heteroatoms. The third-order valence-electron chi connectivity index (χ3n) is 2.28. The van der Waals surface area contributed by atoms with Crippen LogP contribution in [-0.4, -0.2) is 16.3 Å². The van der Waals surface area contributed by atoms with Gasteiger partial charge >= 0.3 is 6.18 Å². The van der Waals surface area contributed by atoms with Gasteiger partial charge in [0.2, 0.25) is 0 Å². The zero-order valence-corrected chi connectivity index (χ0v) is 8.98. The Morgan fingerprint density at radius 1 is 1.06 bits per heavy atom. The Kier molecular flexibility index (Phi) is 3.10. The van der Waals surface area contributed by atoms with E-state index < -0.39 is 11.9 Å². The summed E-state index contributed by atoms with van der Waals surface area (Å²) in [5.74, 6) is 0. The fraction of sp³-hybridized carbons (Fsp3) is 0.0833. The number of carbonyl (C=O) groups is 1. The smallest absolute Gasteiger partial charge is 0.298 e. The molecule has 3 nitrogen and oxygen atoms in total. The van der Waals surface area contributed by atoms with Crippen LogP contribution in [0.15, 0.2) is 36.8 Å². The van der Waals surface area contributed by atoms with Crippen molar-refractivity contribution in [3.8, 4) is 11.1 Å². The minimum Gasteiger partial charge on any atom is -0.298 e. The molecule has 0 unspecified atom stereocenters. The lowest BCUT2D eigenvalue weighted by molar-refractivity contribution is -0.141. The van der Waals surface area contributed by atoms with E-state index in [-0.39, 0.29) is 0 Å². The summed E-state index contributed by atoms with van der Waals surface area (Å²) in [7, 11) is 0. The van der Waals surface area contributed by atoms with Crippen LogP contribution in [0.5, 0.6) is 0 Å². The van der Waals surface area contributed by atoms with Crippen molar-refractivity contribution in [1.29, 1.82) is 0 Å². The lowest BCUT2D eigenvalue weighted by atomic mass is 10.1. The highest BCUT2D eigenvalue weighted by Crippen LogP contribution is 2.28. The van der Waals surface area contributed by atoms with E-state index in [1.165, 1.54) is 24.5 Å². The summed E-state index contributed by atoms with van der Waals surface area (Å²) in [5.41, 5.74) is 0.415. The highest BCUT2D eigenvalue weighted by molar-refractivity contribution is 5.77. The number of aromatic nitrogens is 2. The van der Waals surface area contributed by atoms with Crippen LogP contribution in [0.2, 0.25) is 0 Å². The van der Waals surface area contributed by atoms with Crippen molar-refractivity contribution in [2.24, 2.45) is 0 Å². The van der Waals surface area contributed by atoms with Crippen LogP contribution in [0.1, 0.15) is 16.1 Å². The van der Waals surface area contributed by atoms with Crippen molar-refractivity contribution in [3.05, 3.63) is 48.0 Å². The molecule has 0 N–H and O–H groups in total. The quantitative estimate of drug-likeness (QED) is 0.771. The molecule has 0 fully saturated rings. The molecule has 0 spiro atoms. The maximum atomic E-state index is 12.3. The second-order valence-electron chi connectivity index (χ2n) is 3.55. The summed E-state index contributed by atoms with van der Waals surface area (Å²) in [6.07, 6.45) is 0.0924. The van der Waals surface area contributed by atoms with Gasteiger partial charge in [0.15, 0.2) is 6.29 Å². The average Bonchev–Trinajstić information content (AvgIpc) is 2.38. The second kappa shape index (κ2) is 4.56. The molecule has 0 saturated heterocycles. The second-order valence-corrected chi connectivity index (χ2v) is 3.55. The highest BCUT2D eigenvalue weighted by Gasteiger charge is 2.32. The summed E-state index contributed by atoms with van der Waals surface area (Å²) in [6, 6.07) is 3.72. The summed E-state index contributed by atoms with van der Waals surface area (Å²) in [5, 5.41) is 0. The number of hydrogen-bond donors (Lipinski definition) is 0. The molecule has 2 aromatic rings. The molecule has 2 heterocycles. The van der Waals surface area contributed by atoms with Gasteiger partial charge in [0.05, 0.1) is 0 Å². The van der Waals surface area contributed by atoms with Gasteiger partial charge in [0.25, 0.3) is 0 Å². The molecule has 0 aliphatic rings. The number of aldehydes is 1. The molecule has 18 heavy (non-hydrogen) atoms. The van der Waals surface area contributed by atoms with Gasteiger partial charge < -0.3 is 0 Å². The SMILES string of the molecule is O=Cc1cncc(-c2ccc(C(F)(F)F)nc2)c1. The van der Waals surface area contributed by atoms with E-state index in [2.05, 4.69) is 9.97 Å². The Morgan fingerprint density at radius 2 is 1.83 bits per heavy atom. The van der Waals surface area contributed by atoms with Crippen molar-refractivity contribution in [2.75, 3.05) is 0 Å². The zero-order chi connectivity index (χ0) is 13.2. The van der Waals surface area contributed by atoms with Gasteiger partial charge in [-0.05, 0) is 12.1 Å². The minimum absolute atomic E-state index is 0.354. The highest BCUT2D eigenvalue weighted by atomic mass is 19.4. The molecular weight excluding hydrogens is 245 g/mol. The van der Waals surface area contributed by atoms with Crippen LogP contribution in [0.4, 0.5) is 13.2 Å². The van der Waals surface area contributed by atoms with Gasteiger partial charge in [-0.3, -0.25) is 14.8 Å². The first kappa shape index (κ1) is 12.2. The van der Waals surface area contributed by atoms with Crippen LogP contribution in [0, 0.1) is 0 Å². The molecule has 0 bridgehead atoms. The van der Waals surface area contributed by atoms with Gasteiger partial charge in [-0.25, -0.2) is 0 Å². The van der Waals surface area contributed by atoms with Crippen LogP contribution in [-0.2, 0) is 6.18 Å². The number of rotatable bonds is 2. The summed E-state index contributed by atoms with van der Waals surface area (Å²) in [6.45, 7) is 0. The number of alkyl halides is 3. The Morgan fingerprint density at radius 3 is 2.39 bits per heavy atom. The first-order valence-electron chi connectivity index (χ1n) is 4.94. The summed E-state index contributed by atoms with van der Waals surface area (Å²) < 4.78 is 37.0. The Bertz CT molecular complexity index is 564. The predicted octanol–water partition coefficient (Wildman–Crippen LogP) is 2.97. The van der Waals surface area contributed by atoms with Crippen LogP contribution in [0.25, 0.3) is 11.1 Å². The van der Waals surface area contributed by atoms with Gasteiger partial charge in [0, 0.05) is 35.3 Å². The Labute approximate surface area is 100 Å². The van der Waals surface area contributed by atoms with E-state index in [9.17, 15) is 18.0 Å². The van der Waals surface area contributed by atoms with Crippen molar-refractivity contribution >= 4 is 6.29 Å². The predicted molar refractivity (Wildman–Crippen MR) is 57.9 cm³/mol. The maximum Gasteiger partial charge on any atom is 0.433 e. The number of nitrogens with zero attached hydrogens (tertiary/aromatic N) is 2. The molecule has 0 aromatic carbocycles. The first-order valence-corrected chi connectivity index (χ1v) is 4.94. The van der Waals surface area contributed by atoms with Crippen LogP contribution in [0.3, 0.4) is 0 Å². The van der Waals surface area contributed by atoms with Crippen molar-refractivity contribution in [1.82, 2.24) is 9.97 Å². The molecule has 0 saturated carbocycles. The monoisotopic (exact) mass is 252 g/mol. The van der Waals surface area contributed by atoms with Crippen molar-refractivity contribution in [2.45, 2.75) is 6.18 Å². The largest absolute Gasteiger partial charge is 0.433 e. The van der Waals surface area contributed by atoms with E-state index in [0.717, 1.165) is 12.3 Å². The molecule has 0 radical (unpaired) electrons. The number of pyridine rings is 2. The molecule has 92 valence electrons. The minimum atomic E-state index is -4.46. The average molecular weight is 252 g/mol. The van der Waals surface area contributed by atoms with E-state index >= 15 is 0 Å². The van der Waals surface area contributed by atoms with Crippen molar-refractivity contribution < 1.29 is 18.0 Å². The standard InChI is InChI=1S/C12H7F3N2O/c13-12(14,15)11-2-1-9(6-17-11)10-3-8(7-18)4-16-5-10/h1-7H. The summed E-state index contributed by atoms with van der Waals surface area (Å²) in [4.78, 5) is 17.7. The Balaban J connectivity index is 2.37. The van der Waals surface area contributed by atoms with Gasteiger partial charge in [-0.1, -0.05) is 6.07 Å². The maximum absolute atomic E-state index is 12.3. The first-order chi connectivity index (χ1) is 8.50. The molecule has 2 rings (SSSR count). The number of halogens is 3.